The van der Waals surface area contributed by atoms with Gasteiger partial charge in [-0.1, -0.05) is 30.3 Å². The maximum Gasteiger partial charge on any atom is 0.337 e. The van der Waals surface area contributed by atoms with Crippen LogP contribution in [0.25, 0.3) is 0 Å². The Labute approximate surface area is 135 Å². The lowest BCUT2D eigenvalue weighted by Gasteiger charge is -2.12. The second-order valence-electron chi connectivity index (χ2n) is 4.44. The van der Waals surface area contributed by atoms with Gasteiger partial charge in [-0.15, -0.1) is 0 Å². The van der Waals surface area contributed by atoms with Crippen LogP contribution in [0.5, 0.6) is 5.75 Å². The Morgan fingerprint density at radius 1 is 1.14 bits per heavy atom. The van der Waals surface area contributed by atoms with Crippen molar-refractivity contribution in [3.8, 4) is 5.75 Å². The van der Waals surface area contributed by atoms with Gasteiger partial charge in [0, 0.05) is 5.56 Å². The molecule has 0 bridgehead atoms. The first-order valence-electron chi connectivity index (χ1n) is 6.24. The first-order chi connectivity index (χ1) is 10.0. The number of aromatic carboxylic acids is 1. The minimum absolute atomic E-state index is 0.00587. The summed E-state index contributed by atoms with van der Waals surface area (Å²) in [5.74, 6) is -0.948. The van der Waals surface area contributed by atoms with Crippen molar-refractivity contribution in [1.82, 2.24) is 0 Å². The Kier molecular flexibility index (Phi) is 4.95. The van der Waals surface area contributed by atoms with E-state index in [-0.39, 0.29) is 16.9 Å². The Hall–Kier alpha value is -1.89. The fourth-order valence-electron chi connectivity index (χ4n) is 1.91. The quantitative estimate of drug-likeness (QED) is 0.618. The van der Waals surface area contributed by atoms with Crippen molar-refractivity contribution in [1.29, 1.82) is 0 Å². The van der Waals surface area contributed by atoms with Gasteiger partial charge in [-0.2, -0.15) is 0 Å². The SMILES string of the molecule is CC(=O)c1ccc(OCc2ccccc2)c(I)c1C(=O)O. The van der Waals surface area contributed by atoms with E-state index >= 15 is 0 Å². The van der Waals surface area contributed by atoms with E-state index in [9.17, 15) is 14.7 Å². The summed E-state index contributed by atoms with van der Waals surface area (Å²) in [6, 6.07) is 12.7. The molecule has 0 saturated heterocycles. The van der Waals surface area contributed by atoms with Gasteiger partial charge in [0.05, 0.1) is 9.13 Å². The van der Waals surface area contributed by atoms with Crippen molar-refractivity contribution in [3.63, 3.8) is 0 Å². The summed E-state index contributed by atoms with van der Waals surface area (Å²) < 4.78 is 6.10. The molecule has 0 saturated carbocycles. The van der Waals surface area contributed by atoms with Crippen LogP contribution < -0.4 is 4.74 Å². The van der Waals surface area contributed by atoms with Crippen LogP contribution in [0.4, 0.5) is 0 Å². The minimum atomic E-state index is -1.13. The van der Waals surface area contributed by atoms with Gasteiger partial charge in [0.15, 0.2) is 5.78 Å². The highest BCUT2D eigenvalue weighted by atomic mass is 127. The van der Waals surface area contributed by atoms with Crippen LogP contribution in [0.2, 0.25) is 0 Å². The molecule has 0 aromatic heterocycles. The summed E-state index contributed by atoms with van der Waals surface area (Å²) in [6.45, 7) is 1.69. The number of ether oxygens (including phenoxy) is 1. The summed E-state index contributed by atoms with van der Waals surface area (Å²) in [5, 5.41) is 9.29. The largest absolute Gasteiger partial charge is 0.488 e. The number of hydrogen-bond acceptors (Lipinski definition) is 3. The highest BCUT2D eigenvalue weighted by molar-refractivity contribution is 14.1. The second kappa shape index (κ2) is 6.71. The van der Waals surface area contributed by atoms with Crippen molar-refractivity contribution in [2.45, 2.75) is 13.5 Å². The molecule has 5 heteroatoms. The second-order valence-corrected chi connectivity index (χ2v) is 5.51. The van der Waals surface area contributed by atoms with E-state index < -0.39 is 5.97 Å². The van der Waals surface area contributed by atoms with Gasteiger partial charge in [0.25, 0.3) is 0 Å². The van der Waals surface area contributed by atoms with Crippen molar-refractivity contribution < 1.29 is 19.4 Å². The van der Waals surface area contributed by atoms with Gasteiger partial charge in [0.2, 0.25) is 0 Å². The van der Waals surface area contributed by atoms with Crippen molar-refractivity contribution >= 4 is 34.3 Å². The molecule has 0 radical (unpaired) electrons. The van der Waals surface area contributed by atoms with Gasteiger partial charge in [-0.05, 0) is 47.2 Å². The number of halogens is 1. The smallest absolute Gasteiger partial charge is 0.337 e. The van der Waals surface area contributed by atoms with Crippen molar-refractivity contribution in [2.24, 2.45) is 0 Å². The molecular weight excluding hydrogens is 383 g/mol. The van der Waals surface area contributed by atoms with E-state index in [1.807, 2.05) is 52.9 Å². The number of carboxylic acids is 1. The summed E-state index contributed by atoms with van der Waals surface area (Å²) in [4.78, 5) is 22.9. The fraction of sp³-hybridized carbons (Fsp3) is 0.125. The van der Waals surface area contributed by atoms with Gasteiger partial charge in [0.1, 0.15) is 12.4 Å². The number of Topliss-reactive ketones (excluding diaryl/α,β-unsaturated/α-hetero) is 1. The third-order valence-electron chi connectivity index (χ3n) is 2.94. The topological polar surface area (TPSA) is 63.6 Å². The van der Waals surface area contributed by atoms with Gasteiger partial charge in [-0.3, -0.25) is 4.79 Å². The van der Waals surface area contributed by atoms with Crippen LogP contribution in [0.3, 0.4) is 0 Å². The molecule has 0 aliphatic heterocycles. The van der Waals surface area contributed by atoms with Crippen LogP contribution in [0.1, 0.15) is 33.2 Å². The third-order valence-corrected chi connectivity index (χ3v) is 4.01. The Morgan fingerprint density at radius 2 is 1.81 bits per heavy atom. The third kappa shape index (κ3) is 3.60. The number of ketones is 1. The van der Waals surface area contributed by atoms with E-state index in [0.717, 1.165) is 5.56 Å². The number of carboxylic acid groups (broad SMARTS) is 1. The van der Waals surface area contributed by atoms with E-state index in [2.05, 4.69) is 0 Å². The number of carbonyl (C=O) groups is 2. The van der Waals surface area contributed by atoms with Crippen LogP contribution in [-0.4, -0.2) is 16.9 Å². The monoisotopic (exact) mass is 396 g/mol. The van der Waals surface area contributed by atoms with Crippen molar-refractivity contribution in [3.05, 3.63) is 62.7 Å². The molecular formula is C16H13IO4. The van der Waals surface area contributed by atoms with E-state index in [1.54, 1.807) is 6.07 Å². The highest BCUT2D eigenvalue weighted by Gasteiger charge is 2.20. The summed E-state index contributed by atoms with van der Waals surface area (Å²) in [7, 11) is 0. The molecule has 2 aromatic rings. The maximum atomic E-state index is 11.5. The van der Waals surface area contributed by atoms with Crippen LogP contribution in [-0.2, 0) is 6.61 Å². The summed E-state index contributed by atoms with van der Waals surface area (Å²) in [6.07, 6.45) is 0. The molecule has 0 unspecified atom stereocenters. The number of rotatable bonds is 5. The molecule has 108 valence electrons. The van der Waals surface area contributed by atoms with E-state index in [4.69, 9.17) is 4.74 Å². The molecule has 0 aliphatic carbocycles. The molecule has 2 rings (SSSR count). The lowest BCUT2D eigenvalue weighted by Crippen LogP contribution is -2.10. The minimum Gasteiger partial charge on any atom is -0.488 e. The Bertz CT molecular complexity index is 680. The molecule has 4 nitrogen and oxygen atoms in total. The summed E-state index contributed by atoms with van der Waals surface area (Å²) in [5.41, 5.74) is 1.17. The predicted octanol–water partition coefficient (Wildman–Crippen LogP) is 3.77. The highest BCUT2D eigenvalue weighted by Crippen LogP contribution is 2.28. The van der Waals surface area contributed by atoms with Gasteiger partial charge >= 0.3 is 5.97 Å². The molecule has 2 aromatic carbocycles. The first kappa shape index (κ1) is 15.5. The molecule has 0 fully saturated rings. The van der Waals surface area contributed by atoms with E-state index in [0.29, 0.717) is 15.9 Å². The van der Waals surface area contributed by atoms with Crippen LogP contribution >= 0.6 is 22.6 Å². The van der Waals surface area contributed by atoms with E-state index in [1.165, 1.54) is 13.0 Å². The van der Waals surface area contributed by atoms with Gasteiger partial charge < -0.3 is 9.84 Å². The number of carbonyl (C=O) groups excluding carboxylic acids is 1. The van der Waals surface area contributed by atoms with Crippen LogP contribution in [0.15, 0.2) is 42.5 Å². The molecule has 0 aliphatic rings. The molecule has 0 amide bonds. The van der Waals surface area contributed by atoms with Gasteiger partial charge in [-0.25, -0.2) is 4.79 Å². The maximum absolute atomic E-state index is 11.5. The summed E-state index contributed by atoms with van der Waals surface area (Å²) >= 11 is 1.90. The average molecular weight is 396 g/mol. The van der Waals surface area contributed by atoms with Crippen molar-refractivity contribution in [2.75, 3.05) is 0 Å². The average Bonchev–Trinajstić information content (AvgIpc) is 2.46. The lowest BCUT2D eigenvalue weighted by molar-refractivity contribution is 0.0690. The lowest BCUT2D eigenvalue weighted by atomic mass is 10.0. The molecule has 0 spiro atoms. The molecule has 0 heterocycles. The predicted molar refractivity (Wildman–Crippen MR) is 86.9 cm³/mol. The number of hydrogen-bond donors (Lipinski definition) is 1. The number of benzene rings is 2. The molecule has 1 N–H and O–H groups in total. The fourth-order valence-corrected chi connectivity index (χ4v) is 2.76. The normalized spacial score (nSPS) is 10.2. The standard InChI is InChI=1S/C16H13IO4/c1-10(18)12-7-8-13(15(17)14(12)16(19)20)21-9-11-5-3-2-4-6-11/h2-8H,9H2,1H3,(H,19,20). The zero-order valence-corrected chi connectivity index (χ0v) is 13.5. The molecule has 0 atom stereocenters. The Balaban J connectivity index is 2.31. The van der Waals surface area contributed by atoms with Crippen LogP contribution in [0, 0.1) is 3.57 Å². The Morgan fingerprint density at radius 3 is 2.38 bits per heavy atom. The zero-order chi connectivity index (χ0) is 15.4. The molecule has 21 heavy (non-hydrogen) atoms. The zero-order valence-electron chi connectivity index (χ0n) is 11.3. The first-order valence-corrected chi connectivity index (χ1v) is 7.32.